The third-order valence-corrected chi connectivity index (χ3v) is 3.97. The van der Waals surface area contributed by atoms with Crippen LogP contribution in [0.1, 0.15) is 29.6 Å². The predicted molar refractivity (Wildman–Crippen MR) is 72.0 cm³/mol. The first kappa shape index (κ1) is 13.4. The number of amides is 2. The van der Waals surface area contributed by atoms with Gasteiger partial charge in [-0.2, -0.15) is 0 Å². The second-order valence-corrected chi connectivity index (χ2v) is 5.66. The minimum Gasteiger partial charge on any atom is -0.347 e. The van der Waals surface area contributed by atoms with Gasteiger partial charge in [0.25, 0.3) is 5.91 Å². The first-order valence-electron chi connectivity index (χ1n) is 6.60. The summed E-state index contributed by atoms with van der Waals surface area (Å²) in [5.41, 5.74) is -0.0881. The fourth-order valence-corrected chi connectivity index (χ4v) is 2.68. The van der Waals surface area contributed by atoms with E-state index in [4.69, 9.17) is 11.6 Å². The van der Waals surface area contributed by atoms with Crippen LogP contribution >= 0.6 is 11.6 Å². The summed E-state index contributed by atoms with van der Waals surface area (Å²) in [5.74, 6) is -1.19. The molecule has 0 bridgehead atoms. The monoisotopic (exact) mass is 296 g/mol. The van der Waals surface area contributed by atoms with Crippen molar-refractivity contribution in [3.05, 3.63) is 34.6 Å². The van der Waals surface area contributed by atoms with Gasteiger partial charge < -0.3 is 10.2 Å². The van der Waals surface area contributed by atoms with E-state index in [1.165, 1.54) is 18.2 Å². The number of carbonyl (C=O) groups excluding carboxylic acids is 2. The number of nitrogens with zero attached hydrogens (tertiary/aromatic N) is 1. The molecule has 106 valence electrons. The van der Waals surface area contributed by atoms with Crippen LogP contribution in [0.4, 0.5) is 4.39 Å². The van der Waals surface area contributed by atoms with Crippen molar-refractivity contribution in [1.29, 1.82) is 0 Å². The summed E-state index contributed by atoms with van der Waals surface area (Å²) >= 11 is 5.65. The predicted octanol–water partition coefficient (Wildman–Crippen LogP) is 1.97. The highest BCUT2D eigenvalue weighted by atomic mass is 35.5. The summed E-state index contributed by atoms with van der Waals surface area (Å²) in [5, 5.41) is 2.62. The molecule has 1 heterocycles. The van der Waals surface area contributed by atoms with Gasteiger partial charge in [-0.15, -0.1) is 0 Å². The number of nitrogens with one attached hydrogen (secondary N) is 1. The maximum Gasteiger partial charge on any atom is 0.254 e. The topological polar surface area (TPSA) is 49.4 Å². The van der Waals surface area contributed by atoms with Crippen molar-refractivity contribution in [1.82, 2.24) is 10.2 Å². The van der Waals surface area contributed by atoms with Gasteiger partial charge >= 0.3 is 0 Å². The number of halogens is 2. The van der Waals surface area contributed by atoms with Gasteiger partial charge in [0.2, 0.25) is 5.91 Å². The first-order chi connectivity index (χ1) is 9.56. The highest BCUT2D eigenvalue weighted by Gasteiger charge is 2.39. The molecule has 1 unspecified atom stereocenters. The van der Waals surface area contributed by atoms with Gasteiger partial charge in [0.1, 0.15) is 0 Å². The van der Waals surface area contributed by atoms with Crippen molar-refractivity contribution in [2.24, 2.45) is 0 Å². The molecule has 1 atom stereocenters. The summed E-state index contributed by atoms with van der Waals surface area (Å²) in [6.45, 7) is 0.511. The molecule has 3 rings (SSSR count). The average molecular weight is 297 g/mol. The molecule has 1 saturated heterocycles. The first-order valence-corrected chi connectivity index (χ1v) is 6.98. The number of rotatable bonds is 3. The largest absolute Gasteiger partial charge is 0.347 e. The molecule has 1 aliphatic carbocycles. The lowest BCUT2D eigenvalue weighted by Crippen LogP contribution is -2.38. The van der Waals surface area contributed by atoms with E-state index in [0.29, 0.717) is 12.6 Å². The smallest absolute Gasteiger partial charge is 0.254 e. The zero-order chi connectivity index (χ0) is 14.3. The van der Waals surface area contributed by atoms with Gasteiger partial charge in [0.05, 0.1) is 16.6 Å². The summed E-state index contributed by atoms with van der Waals surface area (Å²) in [6.07, 6.45) is 2.36. The lowest BCUT2D eigenvalue weighted by molar-refractivity contribution is -0.128. The quantitative estimate of drug-likeness (QED) is 0.927. The molecule has 2 aliphatic rings. The molecule has 20 heavy (non-hydrogen) atoms. The number of likely N-dealkylation sites (tertiary alicyclic amines) is 1. The van der Waals surface area contributed by atoms with Crippen LogP contribution in [-0.4, -0.2) is 35.3 Å². The van der Waals surface area contributed by atoms with Crippen LogP contribution in [0.3, 0.4) is 0 Å². The molecule has 1 saturated carbocycles. The van der Waals surface area contributed by atoms with E-state index in [-0.39, 0.29) is 29.0 Å². The molecule has 2 fully saturated rings. The molecule has 2 amide bonds. The molecule has 1 aromatic carbocycles. The second-order valence-electron chi connectivity index (χ2n) is 5.25. The van der Waals surface area contributed by atoms with Crippen LogP contribution < -0.4 is 5.32 Å². The number of carbonyl (C=O) groups is 2. The average Bonchev–Trinajstić information content (AvgIpc) is 3.17. The summed E-state index contributed by atoms with van der Waals surface area (Å²) in [7, 11) is 0. The Morgan fingerprint density at radius 2 is 2.15 bits per heavy atom. The highest BCUT2D eigenvalue weighted by molar-refractivity contribution is 6.31. The lowest BCUT2D eigenvalue weighted by atomic mass is 10.1. The van der Waals surface area contributed by atoms with Gasteiger partial charge in [-0.25, -0.2) is 4.39 Å². The van der Waals surface area contributed by atoms with Gasteiger partial charge in [-0.3, -0.25) is 9.59 Å². The molecular formula is C14H14ClFN2O2. The number of hydrogen-bond acceptors (Lipinski definition) is 2. The second kappa shape index (κ2) is 5.05. The Kier molecular flexibility index (Phi) is 3.38. The van der Waals surface area contributed by atoms with Crippen LogP contribution in [0.2, 0.25) is 5.02 Å². The Hall–Kier alpha value is -1.62. The van der Waals surface area contributed by atoms with Crippen molar-refractivity contribution in [2.75, 3.05) is 6.54 Å². The van der Waals surface area contributed by atoms with E-state index in [9.17, 15) is 14.0 Å². The van der Waals surface area contributed by atoms with E-state index < -0.39 is 11.7 Å². The molecular weight excluding hydrogens is 283 g/mol. The van der Waals surface area contributed by atoms with E-state index in [1.807, 2.05) is 0 Å². The Morgan fingerprint density at radius 3 is 2.85 bits per heavy atom. The summed E-state index contributed by atoms with van der Waals surface area (Å²) in [6, 6.07) is 4.38. The van der Waals surface area contributed by atoms with Crippen molar-refractivity contribution in [2.45, 2.75) is 31.3 Å². The third kappa shape index (κ3) is 2.50. The van der Waals surface area contributed by atoms with Crippen molar-refractivity contribution in [3.8, 4) is 0 Å². The Balaban J connectivity index is 1.67. The molecule has 0 aromatic heterocycles. The van der Waals surface area contributed by atoms with E-state index in [1.54, 1.807) is 4.90 Å². The molecule has 0 radical (unpaired) electrons. The molecule has 0 spiro atoms. The van der Waals surface area contributed by atoms with Crippen LogP contribution in [-0.2, 0) is 4.79 Å². The van der Waals surface area contributed by atoms with Crippen LogP contribution in [0.5, 0.6) is 0 Å². The third-order valence-electron chi connectivity index (χ3n) is 3.68. The van der Waals surface area contributed by atoms with Gasteiger partial charge in [-0.1, -0.05) is 17.7 Å². The maximum atomic E-state index is 13.7. The highest BCUT2D eigenvalue weighted by Crippen LogP contribution is 2.30. The minimum atomic E-state index is -0.727. The van der Waals surface area contributed by atoms with Crippen molar-refractivity contribution >= 4 is 23.4 Å². The van der Waals surface area contributed by atoms with Crippen molar-refractivity contribution < 1.29 is 14.0 Å². The minimum absolute atomic E-state index is 0.0596. The fraction of sp³-hybridized carbons (Fsp3) is 0.429. The molecule has 1 N–H and O–H groups in total. The Bertz CT molecular complexity index is 574. The number of benzene rings is 1. The molecule has 4 nitrogen and oxygen atoms in total. The molecule has 6 heteroatoms. The van der Waals surface area contributed by atoms with Crippen LogP contribution in [0.15, 0.2) is 18.2 Å². The van der Waals surface area contributed by atoms with Crippen LogP contribution in [0, 0.1) is 5.82 Å². The van der Waals surface area contributed by atoms with Gasteiger partial charge in [-0.05, 0) is 25.0 Å². The lowest BCUT2D eigenvalue weighted by Gasteiger charge is -2.16. The van der Waals surface area contributed by atoms with E-state index in [2.05, 4.69) is 5.32 Å². The fourth-order valence-electron chi connectivity index (χ4n) is 2.51. The summed E-state index contributed by atoms with van der Waals surface area (Å²) < 4.78 is 13.7. The summed E-state index contributed by atoms with van der Waals surface area (Å²) in [4.78, 5) is 25.6. The van der Waals surface area contributed by atoms with Gasteiger partial charge in [0, 0.05) is 19.0 Å². The van der Waals surface area contributed by atoms with Crippen molar-refractivity contribution in [3.63, 3.8) is 0 Å². The standard InChI is InChI=1S/C14H14ClFN2O2/c15-11-3-1-2-10(13(11)16)14(20)17-8-6-12(19)18(7-8)9-4-5-9/h1-3,8-9H,4-7H2,(H,17,20). The maximum absolute atomic E-state index is 13.7. The SMILES string of the molecule is O=C(NC1CC(=O)N(C2CC2)C1)c1cccc(Cl)c1F. The zero-order valence-electron chi connectivity index (χ0n) is 10.7. The van der Waals surface area contributed by atoms with E-state index >= 15 is 0 Å². The normalized spacial score (nSPS) is 22.2. The Labute approximate surface area is 120 Å². The molecule has 1 aromatic rings. The van der Waals surface area contributed by atoms with Crippen LogP contribution in [0.25, 0.3) is 0 Å². The molecule has 1 aliphatic heterocycles. The Morgan fingerprint density at radius 1 is 1.40 bits per heavy atom. The zero-order valence-corrected chi connectivity index (χ0v) is 11.5. The van der Waals surface area contributed by atoms with Gasteiger partial charge in [0.15, 0.2) is 5.82 Å². The van der Waals surface area contributed by atoms with E-state index in [0.717, 1.165) is 12.8 Å². The number of hydrogen-bond donors (Lipinski definition) is 1.